The average Bonchev–Trinajstić information content (AvgIpc) is 2.42. The van der Waals surface area contributed by atoms with Gasteiger partial charge in [0, 0.05) is 17.8 Å². The van der Waals surface area contributed by atoms with Crippen LogP contribution < -0.4 is 10.6 Å². The molecule has 0 aliphatic carbocycles. The number of anilines is 2. The molecule has 0 atom stereocenters. The summed E-state index contributed by atoms with van der Waals surface area (Å²) in [7, 11) is 0. The molecule has 0 saturated carbocycles. The number of nitrogens with two attached hydrogens (primary N) is 1. The van der Waals surface area contributed by atoms with Crippen molar-refractivity contribution < 1.29 is 9.18 Å². The third-order valence-electron chi connectivity index (χ3n) is 2.92. The number of nitrogens with zero attached hydrogens (tertiary/aromatic N) is 1. The molecule has 1 amide bonds. The second kappa shape index (κ2) is 5.92. The monoisotopic (exact) mass is 292 g/mol. The van der Waals surface area contributed by atoms with E-state index in [4.69, 9.17) is 17.3 Å². The molecule has 0 aromatic heterocycles. The van der Waals surface area contributed by atoms with Crippen molar-refractivity contribution >= 4 is 28.9 Å². The zero-order valence-corrected chi connectivity index (χ0v) is 11.7. The topological polar surface area (TPSA) is 46.3 Å². The van der Waals surface area contributed by atoms with Gasteiger partial charge in [-0.15, -0.1) is 0 Å². The predicted octanol–water partition coefficient (Wildman–Crippen LogP) is 3.73. The summed E-state index contributed by atoms with van der Waals surface area (Å²) in [5.74, 6) is -0.633. The van der Waals surface area contributed by atoms with E-state index in [2.05, 4.69) is 0 Å². The van der Waals surface area contributed by atoms with Gasteiger partial charge in [-0.05, 0) is 43.3 Å². The first-order valence-corrected chi connectivity index (χ1v) is 6.53. The van der Waals surface area contributed by atoms with E-state index in [0.29, 0.717) is 28.5 Å². The van der Waals surface area contributed by atoms with Gasteiger partial charge in [0.15, 0.2) is 0 Å². The second-order valence-corrected chi connectivity index (χ2v) is 4.67. The van der Waals surface area contributed by atoms with Crippen molar-refractivity contribution in [1.29, 1.82) is 0 Å². The number of halogens is 2. The van der Waals surface area contributed by atoms with Crippen LogP contribution in [0.25, 0.3) is 0 Å². The van der Waals surface area contributed by atoms with Crippen LogP contribution in [0.2, 0.25) is 5.02 Å². The number of carbonyl (C=O) groups excluding carboxylic acids is 1. The molecule has 0 aliphatic rings. The Bertz CT molecular complexity index is 646. The highest BCUT2D eigenvalue weighted by Gasteiger charge is 2.17. The van der Waals surface area contributed by atoms with E-state index in [1.807, 2.05) is 6.92 Å². The first-order chi connectivity index (χ1) is 9.52. The van der Waals surface area contributed by atoms with Gasteiger partial charge >= 0.3 is 0 Å². The first-order valence-electron chi connectivity index (χ1n) is 6.15. The summed E-state index contributed by atoms with van der Waals surface area (Å²) in [6.07, 6.45) is 0. The number of nitrogen functional groups attached to an aromatic ring is 1. The Balaban J connectivity index is 2.36. The molecule has 0 spiro atoms. The lowest BCUT2D eigenvalue weighted by atomic mass is 10.1. The van der Waals surface area contributed by atoms with Gasteiger partial charge in [-0.1, -0.05) is 17.7 Å². The molecule has 0 unspecified atom stereocenters. The molecule has 2 rings (SSSR count). The summed E-state index contributed by atoms with van der Waals surface area (Å²) in [6, 6.07) is 10.6. The maximum Gasteiger partial charge on any atom is 0.258 e. The van der Waals surface area contributed by atoms with E-state index >= 15 is 0 Å². The molecule has 0 radical (unpaired) electrons. The highest BCUT2D eigenvalue weighted by molar-refractivity contribution is 6.33. The zero-order valence-electron chi connectivity index (χ0n) is 10.9. The molecule has 3 nitrogen and oxygen atoms in total. The number of hydrogen-bond donors (Lipinski definition) is 1. The van der Waals surface area contributed by atoms with Crippen molar-refractivity contribution in [3.05, 3.63) is 58.9 Å². The van der Waals surface area contributed by atoms with E-state index in [1.54, 1.807) is 24.3 Å². The third-order valence-corrected chi connectivity index (χ3v) is 3.27. The number of hydrogen-bond acceptors (Lipinski definition) is 2. The molecular weight excluding hydrogens is 279 g/mol. The van der Waals surface area contributed by atoms with Crippen LogP contribution in [0.4, 0.5) is 15.8 Å². The lowest BCUT2D eigenvalue weighted by Gasteiger charge is -2.21. The van der Waals surface area contributed by atoms with Crippen molar-refractivity contribution in [2.24, 2.45) is 0 Å². The smallest absolute Gasteiger partial charge is 0.258 e. The quantitative estimate of drug-likeness (QED) is 0.876. The molecule has 20 heavy (non-hydrogen) atoms. The lowest BCUT2D eigenvalue weighted by molar-refractivity contribution is 0.0988. The number of carbonyl (C=O) groups is 1. The van der Waals surface area contributed by atoms with Gasteiger partial charge in [0.1, 0.15) is 5.82 Å². The summed E-state index contributed by atoms with van der Waals surface area (Å²) in [6.45, 7) is 2.24. The molecule has 2 N–H and O–H groups in total. The minimum Gasteiger partial charge on any atom is -0.398 e. The van der Waals surface area contributed by atoms with Crippen LogP contribution in [0, 0.1) is 5.82 Å². The first kappa shape index (κ1) is 14.3. The molecule has 0 aliphatic heterocycles. The Morgan fingerprint density at radius 3 is 2.65 bits per heavy atom. The minimum atomic E-state index is -0.385. The minimum absolute atomic E-state index is 0.249. The van der Waals surface area contributed by atoms with Gasteiger partial charge in [0.25, 0.3) is 5.91 Å². The van der Waals surface area contributed by atoms with Crippen molar-refractivity contribution in [3.8, 4) is 0 Å². The van der Waals surface area contributed by atoms with Gasteiger partial charge in [-0.3, -0.25) is 4.79 Å². The molecular formula is C15H14ClFN2O. The number of amides is 1. The Kier molecular flexibility index (Phi) is 4.25. The molecule has 0 bridgehead atoms. The maximum absolute atomic E-state index is 13.3. The van der Waals surface area contributed by atoms with Crippen molar-refractivity contribution in [3.63, 3.8) is 0 Å². The lowest BCUT2D eigenvalue weighted by Crippen LogP contribution is -2.30. The summed E-state index contributed by atoms with van der Waals surface area (Å²) >= 11 is 5.84. The highest BCUT2D eigenvalue weighted by atomic mass is 35.5. The van der Waals surface area contributed by atoms with E-state index in [-0.39, 0.29) is 11.7 Å². The molecule has 2 aromatic carbocycles. The molecule has 0 saturated heterocycles. The normalized spacial score (nSPS) is 10.3. The largest absolute Gasteiger partial charge is 0.398 e. The van der Waals surface area contributed by atoms with Crippen LogP contribution in [0.15, 0.2) is 42.5 Å². The van der Waals surface area contributed by atoms with Crippen molar-refractivity contribution in [2.75, 3.05) is 17.2 Å². The fraction of sp³-hybridized carbons (Fsp3) is 0.133. The van der Waals surface area contributed by atoms with Crippen LogP contribution in [0.1, 0.15) is 17.3 Å². The Morgan fingerprint density at radius 2 is 2.05 bits per heavy atom. The van der Waals surface area contributed by atoms with Crippen molar-refractivity contribution in [1.82, 2.24) is 0 Å². The van der Waals surface area contributed by atoms with E-state index in [1.165, 1.54) is 23.1 Å². The highest BCUT2D eigenvalue weighted by Crippen LogP contribution is 2.23. The zero-order chi connectivity index (χ0) is 14.7. The Labute approximate surface area is 121 Å². The SMILES string of the molecule is CCN(C(=O)c1ccc(Cl)c(N)c1)c1cccc(F)c1. The van der Waals surface area contributed by atoms with Crippen LogP contribution >= 0.6 is 11.6 Å². The molecule has 104 valence electrons. The summed E-state index contributed by atoms with van der Waals surface area (Å²) < 4.78 is 13.3. The second-order valence-electron chi connectivity index (χ2n) is 4.27. The molecule has 0 heterocycles. The van der Waals surface area contributed by atoms with Crippen LogP contribution in [-0.2, 0) is 0 Å². The van der Waals surface area contributed by atoms with E-state index in [9.17, 15) is 9.18 Å². The number of rotatable bonds is 3. The van der Waals surface area contributed by atoms with Gasteiger partial charge in [-0.25, -0.2) is 4.39 Å². The van der Waals surface area contributed by atoms with Crippen LogP contribution in [-0.4, -0.2) is 12.5 Å². The third kappa shape index (κ3) is 2.91. The molecule has 0 fully saturated rings. The fourth-order valence-corrected chi connectivity index (χ4v) is 2.04. The van der Waals surface area contributed by atoms with Gasteiger partial charge < -0.3 is 10.6 Å². The average molecular weight is 293 g/mol. The molecule has 2 aromatic rings. The Morgan fingerprint density at radius 1 is 1.30 bits per heavy atom. The van der Waals surface area contributed by atoms with Gasteiger partial charge in [-0.2, -0.15) is 0 Å². The van der Waals surface area contributed by atoms with E-state index in [0.717, 1.165) is 0 Å². The van der Waals surface area contributed by atoms with Crippen LogP contribution in [0.5, 0.6) is 0 Å². The maximum atomic E-state index is 13.3. The molecule has 5 heteroatoms. The number of benzene rings is 2. The van der Waals surface area contributed by atoms with Gasteiger partial charge in [0.2, 0.25) is 0 Å². The van der Waals surface area contributed by atoms with Crippen LogP contribution in [0.3, 0.4) is 0 Å². The Hall–Kier alpha value is -2.07. The van der Waals surface area contributed by atoms with Crippen molar-refractivity contribution in [2.45, 2.75) is 6.92 Å². The van der Waals surface area contributed by atoms with E-state index < -0.39 is 0 Å². The summed E-state index contributed by atoms with van der Waals surface area (Å²) in [5, 5.41) is 0.398. The van der Waals surface area contributed by atoms with Gasteiger partial charge in [0.05, 0.1) is 10.7 Å². The fourth-order valence-electron chi connectivity index (χ4n) is 1.92. The predicted molar refractivity (Wildman–Crippen MR) is 79.6 cm³/mol. The summed E-state index contributed by atoms with van der Waals surface area (Å²) in [4.78, 5) is 13.9. The standard InChI is InChI=1S/C15H14ClFN2O/c1-2-19(12-5-3-4-11(17)9-12)15(20)10-6-7-13(16)14(18)8-10/h3-9H,2,18H2,1H3. The summed E-state index contributed by atoms with van der Waals surface area (Å²) in [5.41, 5.74) is 6.96.